The maximum Gasteiger partial charge on any atom is 0.126 e. The van der Waals surface area contributed by atoms with E-state index in [4.69, 9.17) is 17.3 Å². The molecule has 0 bridgehead atoms. The van der Waals surface area contributed by atoms with Crippen molar-refractivity contribution in [3.05, 3.63) is 69.9 Å². The number of nitrogens with one attached hydrogen (secondary N) is 2. The zero-order chi connectivity index (χ0) is 20.9. The molecular formula is C23H25BrClN5. The molecule has 0 unspecified atom stereocenters. The van der Waals surface area contributed by atoms with Crippen LogP contribution in [0.1, 0.15) is 31.2 Å². The minimum Gasteiger partial charge on any atom is -0.367 e. The van der Waals surface area contributed by atoms with E-state index in [1.807, 2.05) is 30.3 Å². The molecule has 1 aliphatic rings. The maximum atomic E-state index is 6.48. The molecule has 5 nitrogen and oxygen atoms in total. The number of hydrogen-bond acceptors (Lipinski definition) is 5. The van der Waals surface area contributed by atoms with Crippen LogP contribution in [0.5, 0.6) is 0 Å². The van der Waals surface area contributed by atoms with Crippen molar-refractivity contribution < 1.29 is 0 Å². The van der Waals surface area contributed by atoms with Crippen molar-refractivity contribution >= 4 is 39.2 Å². The van der Waals surface area contributed by atoms with Crippen LogP contribution in [0.4, 0.5) is 11.6 Å². The van der Waals surface area contributed by atoms with Crippen LogP contribution in [0.3, 0.4) is 0 Å². The molecule has 0 aliphatic heterocycles. The van der Waals surface area contributed by atoms with Crippen LogP contribution >= 0.6 is 27.5 Å². The van der Waals surface area contributed by atoms with Crippen molar-refractivity contribution in [2.45, 2.75) is 44.3 Å². The molecule has 4 rings (SSSR count). The van der Waals surface area contributed by atoms with Gasteiger partial charge < -0.3 is 16.4 Å². The third-order valence-corrected chi connectivity index (χ3v) is 6.21. The summed E-state index contributed by atoms with van der Waals surface area (Å²) in [5.74, 6) is 1.64. The second-order valence-corrected chi connectivity index (χ2v) is 9.04. The average Bonchev–Trinajstić information content (AvgIpc) is 2.75. The van der Waals surface area contributed by atoms with Crippen molar-refractivity contribution in [2.24, 2.45) is 5.73 Å². The van der Waals surface area contributed by atoms with E-state index in [9.17, 15) is 0 Å². The summed E-state index contributed by atoms with van der Waals surface area (Å²) in [6, 6.07) is 15.0. The first-order valence-corrected chi connectivity index (χ1v) is 11.4. The zero-order valence-corrected chi connectivity index (χ0v) is 19.0. The standard InChI is InChI=1S/C23H25BrClN5/c24-17-3-1-2-15(10-17)13-28-22-11-16(8-9-27-22)20-12-23(29-14-21(20)25)30-19-6-4-18(26)5-7-19/h1-3,8-12,14,18-19H,4-7,13,26H2,(H,27,28)(H,29,30). The second kappa shape index (κ2) is 9.77. The molecule has 0 spiro atoms. The Morgan fingerprint density at radius 2 is 1.87 bits per heavy atom. The van der Waals surface area contributed by atoms with Crippen LogP contribution in [0.25, 0.3) is 11.1 Å². The Bertz CT molecular complexity index is 1000. The van der Waals surface area contributed by atoms with E-state index in [1.54, 1.807) is 12.4 Å². The molecule has 1 fully saturated rings. The topological polar surface area (TPSA) is 75.9 Å². The Morgan fingerprint density at radius 1 is 1.03 bits per heavy atom. The number of hydrogen-bond donors (Lipinski definition) is 3. The summed E-state index contributed by atoms with van der Waals surface area (Å²) >= 11 is 9.99. The molecule has 3 aromatic rings. The lowest BCUT2D eigenvalue weighted by Crippen LogP contribution is -2.33. The molecule has 2 heterocycles. The molecule has 1 aromatic carbocycles. The summed E-state index contributed by atoms with van der Waals surface area (Å²) in [4.78, 5) is 8.92. The van der Waals surface area contributed by atoms with Gasteiger partial charge in [0.15, 0.2) is 0 Å². The van der Waals surface area contributed by atoms with Gasteiger partial charge in [-0.15, -0.1) is 0 Å². The minimum absolute atomic E-state index is 0.330. The third kappa shape index (κ3) is 5.50. The highest BCUT2D eigenvalue weighted by Gasteiger charge is 2.19. The molecular weight excluding hydrogens is 462 g/mol. The fraction of sp³-hybridized carbons (Fsp3) is 0.304. The molecule has 0 amide bonds. The number of nitrogens with two attached hydrogens (primary N) is 1. The Balaban J connectivity index is 1.48. The van der Waals surface area contributed by atoms with Crippen LogP contribution in [0, 0.1) is 0 Å². The predicted octanol–water partition coefficient (Wildman–Crippen LogP) is 5.85. The molecule has 1 aliphatic carbocycles. The van der Waals surface area contributed by atoms with Gasteiger partial charge in [-0.1, -0.05) is 39.7 Å². The van der Waals surface area contributed by atoms with Crippen LogP contribution in [-0.4, -0.2) is 22.1 Å². The number of halogens is 2. The Labute approximate surface area is 190 Å². The van der Waals surface area contributed by atoms with E-state index >= 15 is 0 Å². The fourth-order valence-corrected chi connectivity index (χ4v) is 4.40. The number of benzene rings is 1. The lowest BCUT2D eigenvalue weighted by Gasteiger charge is -2.27. The van der Waals surface area contributed by atoms with Crippen molar-refractivity contribution in [2.75, 3.05) is 10.6 Å². The fourth-order valence-electron chi connectivity index (χ4n) is 3.75. The molecule has 30 heavy (non-hydrogen) atoms. The van der Waals surface area contributed by atoms with Crippen molar-refractivity contribution in [3.8, 4) is 11.1 Å². The lowest BCUT2D eigenvalue weighted by atomic mass is 9.92. The van der Waals surface area contributed by atoms with Crippen LogP contribution in [0.2, 0.25) is 5.02 Å². The highest BCUT2D eigenvalue weighted by atomic mass is 79.9. The zero-order valence-electron chi connectivity index (χ0n) is 16.6. The van der Waals surface area contributed by atoms with Crippen molar-refractivity contribution in [1.82, 2.24) is 9.97 Å². The van der Waals surface area contributed by atoms with E-state index in [-0.39, 0.29) is 0 Å². The number of rotatable bonds is 6. The molecule has 4 N–H and O–H groups in total. The number of pyridine rings is 2. The van der Waals surface area contributed by atoms with Crippen molar-refractivity contribution in [3.63, 3.8) is 0 Å². The van der Waals surface area contributed by atoms with Gasteiger partial charge in [-0.05, 0) is 67.1 Å². The molecule has 156 valence electrons. The van der Waals surface area contributed by atoms with Gasteiger partial charge in [-0.25, -0.2) is 9.97 Å². The van der Waals surface area contributed by atoms with Gasteiger partial charge in [-0.3, -0.25) is 0 Å². The predicted molar refractivity (Wildman–Crippen MR) is 128 cm³/mol. The number of anilines is 2. The van der Waals surface area contributed by atoms with Gasteiger partial charge in [0.1, 0.15) is 11.6 Å². The Kier molecular flexibility index (Phi) is 6.87. The summed E-state index contributed by atoms with van der Waals surface area (Å²) < 4.78 is 1.06. The van der Waals surface area contributed by atoms with E-state index in [0.717, 1.165) is 52.9 Å². The van der Waals surface area contributed by atoms with E-state index in [2.05, 4.69) is 48.7 Å². The van der Waals surface area contributed by atoms with Gasteiger partial charge in [0.05, 0.1) is 5.02 Å². The summed E-state index contributed by atoms with van der Waals surface area (Å²) in [5.41, 5.74) is 9.14. The van der Waals surface area contributed by atoms with Crippen molar-refractivity contribution in [1.29, 1.82) is 0 Å². The maximum absolute atomic E-state index is 6.48. The van der Waals surface area contributed by atoms with Crippen LogP contribution < -0.4 is 16.4 Å². The average molecular weight is 487 g/mol. The highest BCUT2D eigenvalue weighted by molar-refractivity contribution is 9.10. The first kappa shape index (κ1) is 21.1. The van der Waals surface area contributed by atoms with Gasteiger partial charge in [-0.2, -0.15) is 0 Å². The molecule has 1 saturated carbocycles. The van der Waals surface area contributed by atoms with E-state index < -0.39 is 0 Å². The molecule has 0 atom stereocenters. The van der Waals surface area contributed by atoms with Gasteiger partial charge in [0.2, 0.25) is 0 Å². The molecule has 7 heteroatoms. The first-order valence-electron chi connectivity index (χ1n) is 10.2. The summed E-state index contributed by atoms with van der Waals surface area (Å²) in [7, 11) is 0. The van der Waals surface area contributed by atoms with Gasteiger partial charge in [0, 0.05) is 41.1 Å². The quantitative estimate of drug-likeness (QED) is 0.407. The smallest absolute Gasteiger partial charge is 0.126 e. The largest absolute Gasteiger partial charge is 0.367 e. The van der Waals surface area contributed by atoms with Crippen LogP contribution in [-0.2, 0) is 6.54 Å². The molecule has 0 saturated heterocycles. The Morgan fingerprint density at radius 3 is 2.67 bits per heavy atom. The van der Waals surface area contributed by atoms with E-state index in [0.29, 0.717) is 23.7 Å². The Hall–Kier alpha value is -2.15. The van der Waals surface area contributed by atoms with E-state index in [1.165, 1.54) is 5.56 Å². The molecule has 0 radical (unpaired) electrons. The number of aromatic nitrogens is 2. The molecule has 2 aromatic heterocycles. The first-order chi connectivity index (χ1) is 14.6. The summed E-state index contributed by atoms with van der Waals surface area (Å²) in [5, 5.41) is 7.55. The summed E-state index contributed by atoms with van der Waals surface area (Å²) in [6.45, 7) is 0.691. The monoisotopic (exact) mass is 485 g/mol. The lowest BCUT2D eigenvalue weighted by molar-refractivity contribution is 0.410. The van der Waals surface area contributed by atoms with Gasteiger partial charge in [0.25, 0.3) is 0 Å². The third-order valence-electron chi connectivity index (χ3n) is 5.41. The van der Waals surface area contributed by atoms with Crippen LogP contribution in [0.15, 0.2) is 59.3 Å². The normalized spacial score (nSPS) is 18.8. The highest BCUT2D eigenvalue weighted by Crippen LogP contribution is 2.31. The second-order valence-electron chi connectivity index (χ2n) is 7.72. The minimum atomic E-state index is 0.330. The SMILES string of the molecule is NC1CCC(Nc2cc(-c3ccnc(NCc4cccc(Br)c4)c3)c(Cl)cn2)CC1. The van der Waals surface area contributed by atoms with Gasteiger partial charge >= 0.3 is 0 Å². The summed E-state index contributed by atoms with van der Waals surface area (Å²) in [6.07, 6.45) is 7.75. The number of nitrogens with zero attached hydrogens (tertiary/aromatic N) is 2.